The molecular weight excluding hydrogens is 488 g/mol. The lowest BCUT2D eigenvalue weighted by Gasteiger charge is -2.18. The standard InChI is InChI=1S/C32H42N4O3/c1-23(2)26-19-27(31(38)20-30(26)37)28-11-12-29(32(39)33-13-18-34-14-3-4-15-34)36(28)22-25-9-7-24(8-10-25)21-35-16-5-6-17-35/h7-12,19-20,23,37-38H,3-6,13-18,21-22H2,1-2H3,(H,33,39). The number of nitrogens with one attached hydrogen (secondary N) is 1. The lowest BCUT2D eigenvalue weighted by Crippen LogP contribution is -2.34. The number of nitrogens with zero attached hydrogens (tertiary/aromatic N) is 3. The predicted octanol–water partition coefficient (Wildman–Crippen LogP) is 5.16. The summed E-state index contributed by atoms with van der Waals surface area (Å²) >= 11 is 0. The second kappa shape index (κ2) is 12.3. The quantitative estimate of drug-likeness (QED) is 0.337. The molecule has 0 aliphatic carbocycles. The van der Waals surface area contributed by atoms with E-state index in [1.165, 1.54) is 50.4 Å². The van der Waals surface area contributed by atoms with Crippen LogP contribution in [0.15, 0.2) is 48.5 Å². The Kier molecular flexibility index (Phi) is 8.58. The summed E-state index contributed by atoms with van der Waals surface area (Å²) < 4.78 is 1.98. The van der Waals surface area contributed by atoms with Crippen molar-refractivity contribution in [3.05, 3.63) is 70.9 Å². The van der Waals surface area contributed by atoms with Crippen LogP contribution < -0.4 is 5.32 Å². The average Bonchev–Trinajstić information content (AvgIpc) is 3.68. The minimum atomic E-state index is -0.117. The third kappa shape index (κ3) is 6.48. The van der Waals surface area contributed by atoms with Gasteiger partial charge in [-0.15, -0.1) is 0 Å². The van der Waals surface area contributed by atoms with Gasteiger partial charge in [-0.05, 0) is 92.7 Å². The number of carbonyl (C=O) groups excluding carboxylic acids is 1. The van der Waals surface area contributed by atoms with Crippen molar-refractivity contribution in [1.29, 1.82) is 0 Å². The molecule has 2 aliphatic rings. The average molecular weight is 531 g/mol. The summed E-state index contributed by atoms with van der Waals surface area (Å²) in [5.74, 6) is 0.0498. The van der Waals surface area contributed by atoms with Gasteiger partial charge in [0.1, 0.15) is 17.2 Å². The van der Waals surface area contributed by atoms with E-state index in [1.807, 2.05) is 36.6 Å². The van der Waals surface area contributed by atoms with Gasteiger partial charge in [-0.2, -0.15) is 0 Å². The summed E-state index contributed by atoms with van der Waals surface area (Å²) in [7, 11) is 0. The van der Waals surface area contributed by atoms with E-state index in [0.29, 0.717) is 24.3 Å². The Bertz CT molecular complexity index is 1270. The molecule has 0 spiro atoms. The van der Waals surface area contributed by atoms with Crippen molar-refractivity contribution in [3.63, 3.8) is 0 Å². The van der Waals surface area contributed by atoms with Crippen LogP contribution in [-0.4, -0.2) is 69.8 Å². The minimum absolute atomic E-state index is 0.00166. The number of likely N-dealkylation sites (tertiary alicyclic amines) is 2. The zero-order valence-corrected chi connectivity index (χ0v) is 23.3. The zero-order chi connectivity index (χ0) is 27.4. The van der Waals surface area contributed by atoms with Gasteiger partial charge in [0.05, 0.1) is 5.69 Å². The third-order valence-corrected chi connectivity index (χ3v) is 8.14. The number of hydrogen-bond donors (Lipinski definition) is 3. The van der Waals surface area contributed by atoms with Gasteiger partial charge in [0.25, 0.3) is 5.91 Å². The van der Waals surface area contributed by atoms with Crippen molar-refractivity contribution < 1.29 is 15.0 Å². The Balaban J connectivity index is 1.42. The second-order valence-electron chi connectivity index (χ2n) is 11.4. The number of aromatic hydroxyl groups is 2. The maximum absolute atomic E-state index is 13.4. The lowest BCUT2D eigenvalue weighted by atomic mass is 9.97. The Morgan fingerprint density at radius 3 is 2.08 bits per heavy atom. The van der Waals surface area contributed by atoms with Gasteiger partial charge in [0.2, 0.25) is 0 Å². The van der Waals surface area contributed by atoms with Crippen LogP contribution in [0.25, 0.3) is 11.3 Å². The predicted molar refractivity (Wildman–Crippen MR) is 155 cm³/mol. The van der Waals surface area contributed by atoms with Gasteiger partial charge < -0.3 is 25.0 Å². The van der Waals surface area contributed by atoms with Gasteiger partial charge >= 0.3 is 0 Å². The molecule has 7 nitrogen and oxygen atoms in total. The first kappa shape index (κ1) is 27.3. The van der Waals surface area contributed by atoms with Gasteiger partial charge in [0.15, 0.2) is 0 Å². The van der Waals surface area contributed by atoms with Crippen LogP contribution in [0.5, 0.6) is 11.5 Å². The van der Waals surface area contributed by atoms with Crippen LogP contribution in [0, 0.1) is 0 Å². The zero-order valence-electron chi connectivity index (χ0n) is 23.3. The van der Waals surface area contributed by atoms with E-state index < -0.39 is 0 Å². The number of rotatable bonds is 10. The van der Waals surface area contributed by atoms with E-state index in [0.717, 1.165) is 43.0 Å². The molecule has 7 heteroatoms. The van der Waals surface area contributed by atoms with Crippen molar-refractivity contribution in [1.82, 2.24) is 19.7 Å². The molecule has 0 bridgehead atoms. The Morgan fingerprint density at radius 2 is 1.44 bits per heavy atom. The fourth-order valence-corrected chi connectivity index (χ4v) is 5.89. The number of aromatic nitrogens is 1. The molecule has 39 heavy (non-hydrogen) atoms. The van der Waals surface area contributed by atoms with E-state index >= 15 is 0 Å². The summed E-state index contributed by atoms with van der Waals surface area (Å²) in [6.45, 7) is 11.5. The molecule has 3 N–H and O–H groups in total. The van der Waals surface area contributed by atoms with Gasteiger partial charge in [-0.25, -0.2) is 0 Å². The third-order valence-electron chi connectivity index (χ3n) is 8.14. The maximum atomic E-state index is 13.4. The Hall–Kier alpha value is -3.29. The molecule has 1 aromatic heterocycles. The maximum Gasteiger partial charge on any atom is 0.267 e. The summed E-state index contributed by atoms with van der Waals surface area (Å²) in [6.07, 6.45) is 5.01. The molecule has 3 heterocycles. The number of phenols is 2. The van der Waals surface area contributed by atoms with Crippen LogP contribution in [0.1, 0.15) is 72.6 Å². The number of phenolic OH excluding ortho intramolecular Hbond substituents is 2. The molecule has 0 saturated carbocycles. The van der Waals surface area contributed by atoms with Gasteiger partial charge in [-0.3, -0.25) is 9.69 Å². The van der Waals surface area contributed by atoms with Crippen LogP contribution >= 0.6 is 0 Å². The van der Waals surface area contributed by atoms with Crippen molar-refractivity contribution in [2.24, 2.45) is 0 Å². The van der Waals surface area contributed by atoms with Crippen LogP contribution in [0.4, 0.5) is 0 Å². The molecule has 5 rings (SSSR count). The molecule has 2 aliphatic heterocycles. The Morgan fingerprint density at radius 1 is 0.821 bits per heavy atom. The molecule has 3 aromatic rings. The van der Waals surface area contributed by atoms with Crippen LogP contribution in [0.3, 0.4) is 0 Å². The number of hydrogen-bond acceptors (Lipinski definition) is 5. The highest BCUT2D eigenvalue weighted by molar-refractivity contribution is 5.94. The van der Waals surface area contributed by atoms with Crippen LogP contribution in [-0.2, 0) is 13.1 Å². The van der Waals surface area contributed by atoms with Crippen LogP contribution in [0.2, 0.25) is 0 Å². The highest BCUT2D eigenvalue weighted by atomic mass is 16.3. The van der Waals surface area contributed by atoms with E-state index in [2.05, 4.69) is 39.4 Å². The van der Waals surface area contributed by atoms with E-state index in [4.69, 9.17) is 0 Å². The lowest BCUT2D eigenvalue weighted by molar-refractivity contribution is 0.0941. The first-order valence-electron chi connectivity index (χ1n) is 14.5. The molecule has 0 radical (unpaired) electrons. The fraction of sp³-hybridized carbons (Fsp3) is 0.469. The summed E-state index contributed by atoms with van der Waals surface area (Å²) in [4.78, 5) is 18.3. The molecule has 2 saturated heterocycles. The summed E-state index contributed by atoms with van der Waals surface area (Å²) in [5.41, 5.74) is 5.07. The van der Waals surface area contributed by atoms with E-state index in [1.54, 1.807) is 0 Å². The van der Waals surface area contributed by atoms with Crippen molar-refractivity contribution >= 4 is 5.91 Å². The van der Waals surface area contributed by atoms with Crippen molar-refractivity contribution in [2.45, 2.75) is 58.5 Å². The molecule has 0 unspecified atom stereocenters. The molecule has 208 valence electrons. The fourth-order valence-electron chi connectivity index (χ4n) is 5.89. The van der Waals surface area contributed by atoms with Crippen molar-refractivity contribution in [3.8, 4) is 22.8 Å². The van der Waals surface area contributed by atoms with E-state index in [-0.39, 0.29) is 23.3 Å². The van der Waals surface area contributed by atoms with Gasteiger partial charge in [-0.1, -0.05) is 38.1 Å². The van der Waals surface area contributed by atoms with Gasteiger partial charge in [0, 0.05) is 37.8 Å². The normalized spacial score (nSPS) is 16.4. The van der Waals surface area contributed by atoms with E-state index in [9.17, 15) is 15.0 Å². The molecule has 2 aromatic carbocycles. The smallest absolute Gasteiger partial charge is 0.267 e. The summed E-state index contributed by atoms with van der Waals surface area (Å²) in [6, 6.07) is 15.6. The highest BCUT2D eigenvalue weighted by Gasteiger charge is 2.21. The monoisotopic (exact) mass is 530 g/mol. The Labute approximate surface area is 232 Å². The number of amides is 1. The number of carbonyl (C=O) groups is 1. The topological polar surface area (TPSA) is 81.0 Å². The highest BCUT2D eigenvalue weighted by Crippen LogP contribution is 2.38. The molecule has 0 atom stereocenters. The summed E-state index contributed by atoms with van der Waals surface area (Å²) in [5, 5.41) is 24.4. The SMILES string of the molecule is CC(C)c1cc(-c2ccc(C(=O)NCCN3CCCC3)n2Cc2ccc(CN3CCCC3)cc2)c(O)cc1O. The molecular formula is C32H42N4O3. The van der Waals surface area contributed by atoms with Crippen molar-refractivity contribution in [2.75, 3.05) is 39.3 Å². The largest absolute Gasteiger partial charge is 0.508 e. The minimum Gasteiger partial charge on any atom is -0.508 e. The molecule has 1 amide bonds. The second-order valence-corrected chi connectivity index (χ2v) is 11.4. The first-order valence-corrected chi connectivity index (χ1v) is 14.5. The number of benzene rings is 2. The first-order chi connectivity index (χ1) is 18.9. The molecule has 2 fully saturated rings.